The van der Waals surface area contributed by atoms with E-state index < -0.39 is 28.5 Å². The summed E-state index contributed by atoms with van der Waals surface area (Å²) in [6.45, 7) is 1.82. The molecule has 2 N–H and O–H groups in total. The van der Waals surface area contributed by atoms with Crippen LogP contribution in [-0.2, 0) is 6.18 Å². The molecule has 8 heteroatoms. The number of nitro benzene ring substituents is 1. The van der Waals surface area contributed by atoms with Gasteiger partial charge in [-0.1, -0.05) is 0 Å². The summed E-state index contributed by atoms with van der Waals surface area (Å²) in [6, 6.07) is 2.71. The van der Waals surface area contributed by atoms with Gasteiger partial charge in [0, 0.05) is 18.3 Å². The van der Waals surface area contributed by atoms with Crippen LogP contribution in [0.4, 0.5) is 24.5 Å². The smallest absolute Gasteiger partial charge is 0.393 e. The zero-order valence-corrected chi connectivity index (χ0v) is 10.1. The summed E-state index contributed by atoms with van der Waals surface area (Å²) in [6.07, 6.45) is -5.00. The second-order valence-electron chi connectivity index (χ2n) is 4.05. The lowest BCUT2D eigenvalue weighted by Gasteiger charge is -2.11. The Kier molecular flexibility index (Phi) is 4.71. The maximum absolute atomic E-state index is 12.7. The Morgan fingerprint density at radius 1 is 1.47 bits per heavy atom. The number of nitrogens with one attached hydrogen (secondary N) is 1. The first-order chi connectivity index (χ1) is 8.71. The number of aliphatic hydroxyl groups excluding tert-OH is 1. The third-order valence-corrected chi connectivity index (χ3v) is 2.39. The first-order valence-electron chi connectivity index (χ1n) is 5.49. The lowest BCUT2D eigenvalue weighted by molar-refractivity contribution is -0.388. The van der Waals surface area contributed by atoms with Gasteiger partial charge in [-0.2, -0.15) is 13.2 Å². The predicted octanol–water partition coefficient (Wildman–Crippen LogP) is 2.80. The molecule has 19 heavy (non-hydrogen) atoms. The Bertz CT molecular complexity index is 461. The van der Waals surface area contributed by atoms with Gasteiger partial charge >= 0.3 is 6.18 Å². The minimum atomic E-state index is -4.79. The van der Waals surface area contributed by atoms with Crippen LogP contribution in [-0.4, -0.2) is 22.7 Å². The largest absolute Gasteiger partial charge is 0.423 e. The quantitative estimate of drug-likeness (QED) is 0.641. The van der Waals surface area contributed by atoms with Crippen LogP contribution >= 0.6 is 0 Å². The highest BCUT2D eigenvalue weighted by molar-refractivity contribution is 5.55. The number of nitrogens with zero attached hydrogens (tertiary/aromatic N) is 1. The second kappa shape index (κ2) is 5.87. The summed E-state index contributed by atoms with van der Waals surface area (Å²) in [5, 5.41) is 22.2. The Balaban J connectivity index is 2.96. The van der Waals surface area contributed by atoms with Crippen molar-refractivity contribution in [3.8, 4) is 0 Å². The highest BCUT2D eigenvalue weighted by Gasteiger charge is 2.38. The summed E-state index contributed by atoms with van der Waals surface area (Å²) in [7, 11) is 0. The molecule has 0 aromatic heterocycles. The monoisotopic (exact) mass is 278 g/mol. The van der Waals surface area contributed by atoms with Gasteiger partial charge in [0.25, 0.3) is 5.69 Å². The van der Waals surface area contributed by atoms with Crippen LogP contribution in [0.3, 0.4) is 0 Å². The van der Waals surface area contributed by atoms with Crippen LogP contribution < -0.4 is 5.32 Å². The van der Waals surface area contributed by atoms with Crippen molar-refractivity contribution in [2.75, 3.05) is 11.9 Å². The molecule has 0 saturated heterocycles. The van der Waals surface area contributed by atoms with Crippen molar-refractivity contribution in [3.05, 3.63) is 33.9 Å². The molecule has 1 rings (SSSR count). The Hall–Kier alpha value is -1.83. The first kappa shape index (κ1) is 15.2. The maximum atomic E-state index is 12.7. The van der Waals surface area contributed by atoms with Gasteiger partial charge in [0.15, 0.2) is 0 Å². The number of rotatable bonds is 5. The van der Waals surface area contributed by atoms with E-state index in [0.717, 1.165) is 6.07 Å². The topological polar surface area (TPSA) is 75.4 Å². The van der Waals surface area contributed by atoms with E-state index in [1.54, 1.807) is 6.92 Å². The fourth-order valence-corrected chi connectivity index (χ4v) is 1.46. The Morgan fingerprint density at radius 3 is 2.58 bits per heavy atom. The predicted molar refractivity (Wildman–Crippen MR) is 62.9 cm³/mol. The molecule has 5 nitrogen and oxygen atoms in total. The summed E-state index contributed by atoms with van der Waals surface area (Å²) in [4.78, 5) is 9.47. The van der Waals surface area contributed by atoms with E-state index in [2.05, 4.69) is 5.32 Å². The van der Waals surface area contributed by atoms with Crippen LogP contribution in [0, 0.1) is 10.1 Å². The maximum Gasteiger partial charge on any atom is 0.423 e. The van der Waals surface area contributed by atoms with Crippen molar-refractivity contribution in [3.63, 3.8) is 0 Å². The fourth-order valence-electron chi connectivity index (χ4n) is 1.46. The number of nitro groups is 1. The van der Waals surface area contributed by atoms with E-state index in [-0.39, 0.29) is 12.2 Å². The third kappa shape index (κ3) is 4.40. The number of anilines is 1. The van der Waals surface area contributed by atoms with Crippen LogP contribution in [0.1, 0.15) is 18.9 Å². The van der Waals surface area contributed by atoms with Gasteiger partial charge < -0.3 is 10.4 Å². The van der Waals surface area contributed by atoms with E-state index in [9.17, 15) is 23.3 Å². The molecule has 0 aliphatic carbocycles. The second-order valence-corrected chi connectivity index (χ2v) is 4.05. The van der Waals surface area contributed by atoms with E-state index in [1.807, 2.05) is 0 Å². The van der Waals surface area contributed by atoms with E-state index in [1.165, 1.54) is 6.07 Å². The van der Waals surface area contributed by atoms with Crippen LogP contribution in [0.25, 0.3) is 0 Å². The zero-order valence-electron chi connectivity index (χ0n) is 10.1. The number of halogens is 3. The fraction of sp³-hybridized carbons (Fsp3) is 0.455. The van der Waals surface area contributed by atoms with Crippen molar-refractivity contribution in [2.24, 2.45) is 0 Å². The average molecular weight is 278 g/mol. The molecule has 1 unspecified atom stereocenters. The summed E-state index contributed by atoms with van der Waals surface area (Å²) in [5.74, 6) is 0. The molecule has 0 spiro atoms. The summed E-state index contributed by atoms with van der Waals surface area (Å²) >= 11 is 0. The standard InChI is InChI=1S/C11H13F3N2O3/c1-7(17)4-5-15-8-2-3-10(16(18)19)9(6-8)11(12,13)14/h2-3,6-7,15,17H,4-5H2,1H3. The number of hydrogen-bond donors (Lipinski definition) is 2. The van der Waals surface area contributed by atoms with Crippen LogP contribution in [0.15, 0.2) is 18.2 Å². The molecule has 0 aliphatic rings. The molecular formula is C11H13F3N2O3. The van der Waals surface area contributed by atoms with Gasteiger partial charge in [-0.3, -0.25) is 10.1 Å². The normalized spacial score (nSPS) is 13.1. The van der Waals surface area contributed by atoms with Gasteiger partial charge in [-0.25, -0.2) is 0 Å². The van der Waals surface area contributed by atoms with E-state index in [4.69, 9.17) is 5.11 Å². The third-order valence-electron chi connectivity index (χ3n) is 2.39. The van der Waals surface area contributed by atoms with Gasteiger partial charge in [-0.05, 0) is 25.5 Å². The number of alkyl halides is 3. The molecule has 0 aliphatic heterocycles. The summed E-state index contributed by atoms with van der Waals surface area (Å²) in [5.41, 5.74) is -2.15. The minimum absolute atomic E-state index is 0.124. The molecule has 0 amide bonds. The minimum Gasteiger partial charge on any atom is -0.393 e. The van der Waals surface area contributed by atoms with Crippen LogP contribution in [0.2, 0.25) is 0 Å². The lowest BCUT2D eigenvalue weighted by Crippen LogP contribution is -2.12. The van der Waals surface area contributed by atoms with Gasteiger partial charge in [0.05, 0.1) is 11.0 Å². The van der Waals surface area contributed by atoms with Crippen molar-refractivity contribution >= 4 is 11.4 Å². The van der Waals surface area contributed by atoms with Crippen molar-refractivity contribution in [2.45, 2.75) is 25.6 Å². The average Bonchev–Trinajstić information content (AvgIpc) is 2.27. The molecule has 106 valence electrons. The highest BCUT2D eigenvalue weighted by atomic mass is 19.4. The Morgan fingerprint density at radius 2 is 2.11 bits per heavy atom. The number of aliphatic hydroxyl groups is 1. The number of benzene rings is 1. The molecule has 0 saturated carbocycles. The van der Waals surface area contributed by atoms with E-state index >= 15 is 0 Å². The highest BCUT2D eigenvalue weighted by Crippen LogP contribution is 2.37. The van der Waals surface area contributed by atoms with Crippen molar-refractivity contribution < 1.29 is 23.2 Å². The molecule has 0 heterocycles. The molecular weight excluding hydrogens is 265 g/mol. The number of hydrogen-bond acceptors (Lipinski definition) is 4. The van der Waals surface area contributed by atoms with E-state index in [0.29, 0.717) is 12.5 Å². The molecule has 1 aromatic rings. The molecule has 0 fully saturated rings. The molecule has 0 radical (unpaired) electrons. The van der Waals surface area contributed by atoms with Crippen molar-refractivity contribution in [1.82, 2.24) is 0 Å². The van der Waals surface area contributed by atoms with Gasteiger partial charge in [0.1, 0.15) is 5.56 Å². The molecule has 1 aromatic carbocycles. The molecule has 1 atom stereocenters. The lowest BCUT2D eigenvalue weighted by atomic mass is 10.1. The Labute approximate surface area is 107 Å². The van der Waals surface area contributed by atoms with Crippen molar-refractivity contribution in [1.29, 1.82) is 0 Å². The first-order valence-corrected chi connectivity index (χ1v) is 5.49. The van der Waals surface area contributed by atoms with Gasteiger partial charge in [-0.15, -0.1) is 0 Å². The van der Waals surface area contributed by atoms with Gasteiger partial charge in [0.2, 0.25) is 0 Å². The van der Waals surface area contributed by atoms with Crippen LogP contribution in [0.5, 0.6) is 0 Å². The zero-order chi connectivity index (χ0) is 14.6. The SMILES string of the molecule is CC(O)CCNc1ccc([N+](=O)[O-])c(C(F)(F)F)c1. The summed E-state index contributed by atoms with van der Waals surface area (Å²) < 4.78 is 38.0. The molecule has 0 bridgehead atoms.